The summed E-state index contributed by atoms with van der Waals surface area (Å²) in [5.74, 6) is -1.20. The predicted molar refractivity (Wildman–Crippen MR) is 319 cm³/mol. The van der Waals surface area contributed by atoms with Crippen molar-refractivity contribution in [1.29, 1.82) is 0 Å². The highest BCUT2D eigenvalue weighted by molar-refractivity contribution is 6.49. The van der Waals surface area contributed by atoms with Gasteiger partial charge < -0.3 is 0 Å². The van der Waals surface area contributed by atoms with Gasteiger partial charge in [-0.1, -0.05) is 164 Å². The smallest absolute Gasteiger partial charge is 0.123 e. The van der Waals surface area contributed by atoms with Crippen LogP contribution in [0, 0.1) is 23.3 Å². The number of rotatable bonds is 4. The number of hydrogen-bond acceptors (Lipinski definition) is 0. The Morgan fingerprint density at radius 1 is 0.167 bits per heavy atom. The van der Waals surface area contributed by atoms with Crippen molar-refractivity contribution in [3.8, 4) is 66.8 Å². The van der Waals surface area contributed by atoms with Crippen molar-refractivity contribution < 1.29 is 17.6 Å². The molecule has 1 aliphatic carbocycles. The Bertz CT molecular complexity index is 5340. The molecule has 4 heteroatoms. The molecule has 0 bridgehead atoms. The predicted octanol–water partition coefficient (Wildman–Crippen LogP) is 21.6. The molecule has 0 unspecified atom stereocenters. The normalized spacial score (nSPS) is 12.6. The van der Waals surface area contributed by atoms with Crippen molar-refractivity contribution in [3.63, 3.8) is 0 Å². The molecular formula is C74H36F4. The molecule has 0 amide bonds. The Labute approximate surface area is 442 Å². The lowest BCUT2D eigenvalue weighted by Crippen LogP contribution is -1.94. The SMILES string of the molecule is Fc1ccc(-c2c3c(c(-c4ccc(F)cc4)c4ccccc24)-c2ccc4c5ccc6c7c(-c8ccc(F)cc8)c8c(cc9c%10ccccc%10c%10cccc8c%109)c(-c8ccc(F)cc8)c7c7ccc(c8ccc-3c2c84)c5c76)cc1. The van der Waals surface area contributed by atoms with Crippen LogP contribution in [0.15, 0.2) is 218 Å². The monoisotopic (exact) mass is 1000 g/mol. The molecule has 0 saturated carbocycles. The van der Waals surface area contributed by atoms with Crippen LogP contribution < -0.4 is 0 Å². The molecule has 0 saturated heterocycles. The third-order valence-electron chi connectivity index (χ3n) is 17.7. The third kappa shape index (κ3) is 5.29. The minimum Gasteiger partial charge on any atom is -0.207 e. The van der Waals surface area contributed by atoms with Crippen LogP contribution in [0.5, 0.6) is 0 Å². The zero-order valence-electron chi connectivity index (χ0n) is 41.3. The minimum atomic E-state index is -0.301. The fourth-order valence-electron chi connectivity index (χ4n) is 14.7. The van der Waals surface area contributed by atoms with E-state index in [2.05, 4.69) is 121 Å². The summed E-state index contributed by atoms with van der Waals surface area (Å²) in [7, 11) is 0. The Hall–Kier alpha value is -9.90. The highest BCUT2D eigenvalue weighted by atomic mass is 19.1. The van der Waals surface area contributed by atoms with Crippen LogP contribution in [0.1, 0.15) is 0 Å². The van der Waals surface area contributed by atoms with E-state index in [1.165, 1.54) is 56.6 Å². The lowest BCUT2D eigenvalue weighted by atomic mass is 9.82. The molecule has 17 aromatic carbocycles. The lowest BCUT2D eigenvalue weighted by molar-refractivity contribution is 0.627. The number of hydrogen-bond donors (Lipinski definition) is 0. The van der Waals surface area contributed by atoms with Gasteiger partial charge >= 0.3 is 0 Å². The molecule has 0 aliphatic heterocycles. The third-order valence-corrected chi connectivity index (χ3v) is 17.7. The van der Waals surface area contributed by atoms with Gasteiger partial charge in [-0.2, -0.15) is 0 Å². The van der Waals surface area contributed by atoms with Gasteiger partial charge in [0.1, 0.15) is 23.3 Å². The average molecular weight is 1000 g/mol. The highest BCUT2D eigenvalue weighted by Crippen LogP contribution is 2.61. The molecule has 0 aromatic heterocycles. The van der Waals surface area contributed by atoms with E-state index in [1.807, 2.05) is 48.5 Å². The van der Waals surface area contributed by atoms with Crippen LogP contribution in [0.25, 0.3) is 185 Å². The van der Waals surface area contributed by atoms with Crippen molar-refractivity contribution in [2.75, 3.05) is 0 Å². The number of halogens is 4. The van der Waals surface area contributed by atoms with Crippen LogP contribution in [0.4, 0.5) is 17.6 Å². The first kappa shape index (κ1) is 42.3. The van der Waals surface area contributed by atoms with Gasteiger partial charge in [-0.15, -0.1) is 0 Å². The summed E-state index contributed by atoms with van der Waals surface area (Å²) in [5, 5.41) is 24.7. The maximum atomic E-state index is 15.1. The standard InChI is InChI=1S/C74H36F4/c75-41-20-12-37(13-21-41)61-48-8-3-4-9-49(48)62(38-14-22-42(76)23-15-38)72-56-33-29-51-53-31-35-58-69-57(34-30-52(67(53)69)50-28-32-55(71(61)72)68(56)66(50)51)73-63(39-16-24-43(77)25-17-39)60-36-59-46-7-2-1-6-45(46)47-10-5-11-54(65(47)59)70(60)64(74(58)73)40-18-26-44(78)27-19-40/h1-36H. The molecule has 1 aliphatic rings. The van der Waals surface area contributed by atoms with E-state index < -0.39 is 0 Å². The van der Waals surface area contributed by atoms with E-state index in [9.17, 15) is 8.78 Å². The van der Waals surface area contributed by atoms with E-state index in [1.54, 1.807) is 24.3 Å². The average Bonchev–Trinajstić information content (AvgIpc) is 4.29. The molecule has 0 spiro atoms. The van der Waals surface area contributed by atoms with Gasteiger partial charge in [0.25, 0.3) is 0 Å². The largest absolute Gasteiger partial charge is 0.207 e. The van der Waals surface area contributed by atoms with Gasteiger partial charge in [0, 0.05) is 0 Å². The first-order valence-electron chi connectivity index (χ1n) is 26.4. The van der Waals surface area contributed by atoms with E-state index in [0.717, 1.165) is 153 Å². The molecular weight excluding hydrogens is 965 g/mol. The Balaban J connectivity index is 1.01. The van der Waals surface area contributed by atoms with Crippen LogP contribution in [0.2, 0.25) is 0 Å². The van der Waals surface area contributed by atoms with Gasteiger partial charge in [-0.05, 0) is 240 Å². The topological polar surface area (TPSA) is 0 Å². The molecule has 0 radical (unpaired) electrons. The number of fused-ring (bicyclic) bond motifs is 14. The van der Waals surface area contributed by atoms with Crippen molar-refractivity contribution >= 4 is 118 Å². The second kappa shape index (κ2) is 14.9. The van der Waals surface area contributed by atoms with Crippen molar-refractivity contribution in [1.82, 2.24) is 0 Å². The zero-order valence-corrected chi connectivity index (χ0v) is 41.3. The summed E-state index contributed by atoms with van der Waals surface area (Å²) in [5.41, 5.74) is 12.1. The molecule has 0 nitrogen and oxygen atoms in total. The van der Waals surface area contributed by atoms with E-state index in [0.29, 0.717) is 0 Å². The Morgan fingerprint density at radius 2 is 0.500 bits per heavy atom. The van der Waals surface area contributed by atoms with Crippen LogP contribution in [-0.2, 0) is 0 Å². The first-order valence-corrected chi connectivity index (χ1v) is 26.4. The van der Waals surface area contributed by atoms with Crippen LogP contribution in [0.3, 0.4) is 0 Å². The molecule has 18 rings (SSSR count). The maximum absolute atomic E-state index is 15.1. The highest BCUT2D eigenvalue weighted by Gasteiger charge is 2.34. The van der Waals surface area contributed by atoms with Crippen molar-refractivity contribution in [2.24, 2.45) is 0 Å². The summed E-state index contributed by atoms with van der Waals surface area (Å²) in [6.45, 7) is 0. The van der Waals surface area contributed by atoms with Gasteiger partial charge in [0.2, 0.25) is 0 Å². The Morgan fingerprint density at radius 3 is 1.00 bits per heavy atom. The van der Waals surface area contributed by atoms with Gasteiger partial charge in [0.15, 0.2) is 0 Å². The van der Waals surface area contributed by atoms with E-state index in [-0.39, 0.29) is 23.3 Å². The van der Waals surface area contributed by atoms with Gasteiger partial charge in [0.05, 0.1) is 0 Å². The summed E-state index contributed by atoms with van der Waals surface area (Å²) < 4.78 is 59.8. The molecule has 0 heterocycles. The summed E-state index contributed by atoms with van der Waals surface area (Å²) in [6.07, 6.45) is 0. The molecule has 360 valence electrons. The molecule has 0 fully saturated rings. The quantitative estimate of drug-likeness (QED) is 0.0936. The summed E-state index contributed by atoms with van der Waals surface area (Å²) in [6, 6.07) is 71.9. The van der Waals surface area contributed by atoms with Crippen LogP contribution in [-0.4, -0.2) is 0 Å². The fraction of sp³-hybridized carbons (Fsp3) is 0. The summed E-state index contributed by atoms with van der Waals surface area (Å²) >= 11 is 0. The summed E-state index contributed by atoms with van der Waals surface area (Å²) in [4.78, 5) is 0. The second-order valence-electron chi connectivity index (χ2n) is 21.3. The number of benzene rings is 15. The van der Waals surface area contributed by atoms with Gasteiger partial charge in [-0.25, -0.2) is 17.6 Å². The molecule has 78 heavy (non-hydrogen) atoms. The van der Waals surface area contributed by atoms with E-state index >= 15 is 8.78 Å². The fourth-order valence-corrected chi connectivity index (χ4v) is 14.7. The molecule has 17 aromatic rings. The first-order chi connectivity index (χ1) is 38.4. The van der Waals surface area contributed by atoms with E-state index in [4.69, 9.17) is 0 Å². The van der Waals surface area contributed by atoms with Crippen molar-refractivity contribution in [3.05, 3.63) is 242 Å². The molecule has 0 N–H and O–H groups in total. The van der Waals surface area contributed by atoms with Crippen LogP contribution >= 0.6 is 0 Å². The minimum absolute atomic E-state index is 0.297. The lowest BCUT2D eigenvalue weighted by Gasteiger charge is -2.20. The second-order valence-corrected chi connectivity index (χ2v) is 21.3. The van der Waals surface area contributed by atoms with Gasteiger partial charge in [-0.3, -0.25) is 0 Å². The Kier molecular flexibility index (Phi) is 8.11. The van der Waals surface area contributed by atoms with Crippen molar-refractivity contribution in [2.45, 2.75) is 0 Å². The molecule has 0 atom stereocenters. The maximum Gasteiger partial charge on any atom is 0.123 e. The zero-order chi connectivity index (χ0) is 51.4.